The first-order valence-electron chi connectivity index (χ1n) is 4.37. The number of benzene rings is 1. The third kappa shape index (κ3) is 4.21. The molecular weight excluding hydrogens is 293 g/mol. The zero-order valence-corrected chi connectivity index (χ0v) is 10.5. The molecule has 0 aliphatic carbocycles. The molecule has 0 unspecified atom stereocenters. The fraction of sp³-hybridized carbons (Fsp3) is 0.111. The van der Waals surface area contributed by atoms with E-state index in [1.807, 2.05) is 5.82 Å². The molecule has 0 radical (unpaired) electrons. The number of rotatable bonds is 3. The number of non-ortho nitro benzene ring substituents is 1. The van der Waals surface area contributed by atoms with Gasteiger partial charge in [-0.2, -0.15) is 0 Å². The number of carbonyl (C=O) groups is 1. The normalized spacial score (nSPS) is 11.0. The first kappa shape index (κ1) is 13.1. The number of nitro benzene ring substituents is 1. The number of amides is 1. The van der Waals surface area contributed by atoms with Crippen molar-refractivity contribution in [2.24, 2.45) is 10.7 Å². The van der Waals surface area contributed by atoms with Crippen LogP contribution in [-0.4, -0.2) is 30.7 Å². The molecule has 0 atom stereocenters. The van der Waals surface area contributed by atoms with Crippen molar-refractivity contribution in [3.8, 4) is 5.75 Å². The van der Waals surface area contributed by atoms with Gasteiger partial charge in [0.1, 0.15) is 0 Å². The second-order valence-corrected chi connectivity index (χ2v) is 4.51. The number of nitro groups is 1. The van der Waals surface area contributed by atoms with E-state index >= 15 is 0 Å². The Hall–Kier alpha value is -1.92. The molecule has 1 aromatic carbocycles. The van der Waals surface area contributed by atoms with Gasteiger partial charge in [0, 0.05) is 0 Å². The fourth-order valence-corrected chi connectivity index (χ4v) is 1.24. The van der Waals surface area contributed by atoms with Gasteiger partial charge in [-0.25, -0.2) is 0 Å². The van der Waals surface area contributed by atoms with Crippen LogP contribution in [0.5, 0.6) is 5.75 Å². The summed E-state index contributed by atoms with van der Waals surface area (Å²) in [6, 6.07) is 5.11. The summed E-state index contributed by atoms with van der Waals surface area (Å²) in [5, 5.41) is 10.4. The van der Waals surface area contributed by atoms with Crippen LogP contribution in [0.3, 0.4) is 0 Å². The Morgan fingerprint density at radius 3 is 2.53 bits per heavy atom. The second-order valence-electron chi connectivity index (χ2n) is 2.77. The average molecular weight is 302 g/mol. The van der Waals surface area contributed by atoms with E-state index in [0.717, 1.165) is 0 Å². The Kier molecular flexibility index (Phi) is 4.62. The van der Waals surface area contributed by atoms with Crippen molar-refractivity contribution in [3.63, 3.8) is 0 Å². The Morgan fingerprint density at radius 2 is 2.06 bits per heavy atom. The van der Waals surface area contributed by atoms with Crippen molar-refractivity contribution in [3.05, 3.63) is 34.4 Å². The molecule has 1 amide bonds. The molecule has 17 heavy (non-hydrogen) atoms. The van der Waals surface area contributed by atoms with Crippen LogP contribution < -0.4 is 10.5 Å². The van der Waals surface area contributed by atoms with Crippen molar-refractivity contribution in [2.45, 2.75) is 5.82 Å². The van der Waals surface area contributed by atoms with Crippen molar-refractivity contribution >= 4 is 31.5 Å². The van der Waals surface area contributed by atoms with Gasteiger partial charge in [-0.1, -0.05) is 0 Å². The number of ether oxygens (including phenoxy) is 1. The Balaban J connectivity index is 2.70. The number of nitrogens with two attached hydrogens (primary N) is 1. The first-order valence-corrected chi connectivity index (χ1v) is 6.94. The molecule has 8 heteroatoms. The van der Waals surface area contributed by atoms with Crippen LogP contribution in [0.25, 0.3) is 0 Å². The Bertz CT molecular complexity index is 458. The van der Waals surface area contributed by atoms with Crippen molar-refractivity contribution < 1.29 is 14.5 Å². The zero-order chi connectivity index (χ0) is 12.8. The molecule has 2 N–H and O–H groups in total. The zero-order valence-electron chi connectivity index (χ0n) is 8.82. The summed E-state index contributed by atoms with van der Waals surface area (Å²) < 4.78 is 5.03. The molecule has 0 aliphatic rings. The van der Waals surface area contributed by atoms with E-state index in [-0.39, 0.29) is 31.1 Å². The molecule has 0 saturated heterocycles. The van der Waals surface area contributed by atoms with Gasteiger partial charge in [-0.3, -0.25) is 0 Å². The van der Waals surface area contributed by atoms with Gasteiger partial charge in [0.15, 0.2) is 0 Å². The molecule has 0 spiro atoms. The molecule has 7 nitrogen and oxygen atoms in total. The number of aliphatic imine (C=N–C) groups is 1. The maximum atomic E-state index is 11.2. The van der Waals surface area contributed by atoms with E-state index in [1.54, 1.807) is 0 Å². The molecule has 0 aromatic heterocycles. The molecule has 90 valence electrons. The fourth-order valence-electron chi connectivity index (χ4n) is 0.895. The van der Waals surface area contributed by atoms with Crippen LogP contribution >= 0.6 is 0 Å². The number of carbonyl (C=O) groups excluding carboxylic acids is 1. The number of nitrogens with zero attached hydrogens (tertiary/aromatic N) is 2. The van der Waals surface area contributed by atoms with Gasteiger partial charge in [-0.05, 0) is 0 Å². The first-order chi connectivity index (χ1) is 8.02. The summed E-state index contributed by atoms with van der Waals surface area (Å²) in [5.41, 5.74) is 5.30. The van der Waals surface area contributed by atoms with E-state index in [9.17, 15) is 14.9 Å². The van der Waals surface area contributed by atoms with E-state index in [2.05, 4.69) is 4.99 Å². The standard InChI is InChI=1S/C9H9N3O4Se/c1-17-8(10)11-9(13)16-7-4-2-6(3-5-7)12(14)15/h2-5H,1H3,(H2,10,11,13). The molecule has 1 rings (SSSR count). The topological polar surface area (TPSA) is 108 Å². The summed E-state index contributed by atoms with van der Waals surface area (Å²) in [6.07, 6.45) is -0.833. The van der Waals surface area contributed by atoms with Crippen LogP contribution in [0.1, 0.15) is 0 Å². The summed E-state index contributed by atoms with van der Waals surface area (Å²) in [5.74, 6) is 1.99. The minimum absolute atomic E-state index is 0.0610. The molecule has 0 fully saturated rings. The quantitative estimate of drug-likeness (QED) is 0.296. The van der Waals surface area contributed by atoms with Crippen molar-refractivity contribution in [1.29, 1.82) is 0 Å². The van der Waals surface area contributed by atoms with Gasteiger partial charge < -0.3 is 0 Å². The Morgan fingerprint density at radius 1 is 1.47 bits per heavy atom. The third-order valence-electron chi connectivity index (χ3n) is 1.66. The van der Waals surface area contributed by atoms with E-state index in [4.69, 9.17) is 10.5 Å². The van der Waals surface area contributed by atoms with Crippen molar-refractivity contribution in [2.75, 3.05) is 0 Å². The second kappa shape index (κ2) is 5.97. The summed E-state index contributed by atoms with van der Waals surface area (Å²) >= 11 is -0.0610. The van der Waals surface area contributed by atoms with Gasteiger partial charge in [-0.15, -0.1) is 0 Å². The third-order valence-corrected chi connectivity index (χ3v) is 2.73. The maximum absolute atomic E-state index is 11.2. The van der Waals surface area contributed by atoms with Gasteiger partial charge in [0.25, 0.3) is 0 Å². The molecule has 0 saturated carbocycles. The number of amidine groups is 1. The predicted molar refractivity (Wildman–Crippen MR) is 62.4 cm³/mol. The summed E-state index contributed by atoms with van der Waals surface area (Å²) in [7, 11) is 0. The minimum atomic E-state index is -0.833. The molecule has 0 heterocycles. The van der Waals surface area contributed by atoms with Crippen LogP contribution in [0.15, 0.2) is 29.3 Å². The molecule has 0 bridgehead atoms. The van der Waals surface area contributed by atoms with Crippen LogP contribution in [0.2, 0.25) is 5.82 Å². The molecular formula is C9H9N3O4Se. The van der Waals surface area contributed by atoms with E-state index in [0.29, 0.717) is 0 Å². The summed E-state index contributed by atoms with van der Waals surface area (Å²) in [4.78, 5) is 24.5. The van der Waals surface area contributed by atoms with Crippen molar-refractivity contribution in [1.82, 2.24) is 0 Å². The number of hydrogen-bond donors (Lipinski definition) is 1. The Labute approximate surface area is 103 Å². The molecule has 1 aromatic rings. The monoisotopic (exact) mass is 303 g/mol. The van der Waals surface area contributed by atoms with Gasteiger partial charge in [0.2, 0.25) is 0 Å². The van der Waals surface area contributed by atoms with E-state index in [1.165, 1.54) is 24.3 Å². The van der Waals surface area contributed by atoms with E-state index < -0.39 is 11.0 Å². The SMILES string of the molecule is C[Se]/C(N)=N/C(=O)Oc1ccc([N+](=O)[O-])cc1. The van der Waals surface area contributed by atoms with Gasteiger partial charge in [0.05, 0.1) is 0 Å². The average Bonchev–Trinajstić information content (AvgIpc) is 2.29. The van der Waals surface area contributed by atoms with Gasteiger partial charge >= 0.3 is 103 Å². The van der Waals surface area contributed by atoms with Crippen LogP contribution in [-0.2, 0) is 0 Å². The van der Waals surface area contributed by atoms with Crippen LogP contribution in [0, 0.1) is 10.1 Å². The summed E-state index contributed by atoms with van der Waals surface area (Å²) in [6.45, 7) is 0. The molecule has 0 aliphatic heterocycles. The predicted octanol–water partition coefficient (Wildman–Crippen LogP) is 1.16. The van der Waals surface area contributed by atoms with Crippen LogP contribution in [0.4, 0.5) is 10.5 Å². The number of hydrogen-bond acceptors (Lipinski definition) is 4.